The minimum absolute atomic E-state index is 0.0670. The van der Waals surface area contributed by atoms with Crippen LogP contribution in [-0.2, 0) is 4.79 Å². The molecule has 1 heterocycles. The third-order valence-electron chi connectivity index (χ3n) is 2.65. The highest BCUT2D eigenvalue weighted by Gasteiger charge is 2.11. The monoisotopic (exact) mass is 357 g/mol. The van der Waals surface area contributed by atoms with Crippen LogP contribution in [0.5, 0.6) is 5.75 Å². The Kier molecular flexibility index (Phi) is 5.03. The summed E-state index contributed by atoms with van der Waals surface area (Å²) in [4.78, 5) is 11.8. The van der Waals surface area contributed by atoms with Gasteiger partial charge in [0.2, 0.25) is 0 Å². The molecule has 1 atom stereocenters. The van der Waals surface area contributed by atoms with Gasteiger partial charge in [-0.2, -0.15) is 5.10 Å². The number of carbonyl (C=O) groups is 1. The average Bonchev–Trinajstić information content (AvgIpc) is 2.91. The molecule has 7 heteroatoms. The van der Waals surface area contributed by atoms with E-state index < -0.39 is 0 Å². The molecular weight excluding hydrogens is 346 g/mol. The van der Waals surface area contributed by atoms with Crippen LogP contribution >= 0.6 is 27.5 Å². The first-order valence-electron chi connectivity index (χ1n) is 5.92. The topological polar surface area (TPSA) is 67.0 Å². The van der Waals surface area contributed by atoms with Gasteiger partial charge in [-0.25, -0.2) is 0 Å². The van der Waals surface area contributed by atoms with E-state index in [2.05, 4.69) is 31.4 Å². The Morgan fingerprint density at radius 3 is 3.05 bits per heavy atom. The number of halogens is 2. The molecule has 20 heavy (non-hydrogen) atoms. The number of rotatable bonds is 5. The third kappa shape index (κ3) is 3.98. The minimum Gasteiger partial charge on any atom is -0.483 e. The van der Waals surface area contributed by atoms with Gasteiger partial charge < -0.3 is 10.1 Å². The highest BCUT2D eigenvalue weighted by Crippen LogP contribution is 2.27. The van der Waals surface area contributed by atoms with Gasteiger partial charge in [-0.3, -0.25) is 9.89 Å². The van der Waals surface area contributed by atoms with Crippen molar-refractivity contribution in [3.8, 4) is 5.75 Å². The van der Waals surface area contributed by atoms with E-state index >= 15 is 0 Å². The van der Waals surface area contributed by atoms with E-state index in [0.29, 0.717) is 15.2 Å². The van der Waals surface area contributed by atoms with Gasteiger partial charge >= 0.3 is 0 Å². The van der Waals surface area contributed by atoms with Crippen molar-refractivity contribution in [3.05, 3.63) is 45.7 Å². The maximum atomic E-state index is 11.8. The zero-order valence-corrected chi connectivity index (χ0v) is 13.0. The van der Waals surface area contributed by atoms with E-state index in [-0.39, 0.29) is 18.6 Å². The maximum absolute atomic E-state index is 11.8. The molecule has 0 radical (unpaired) electrons. The predicted molar refractivity (Wildman–Crippen MR) is 79.8 cm³/mol. The van der Waals surface area contributed by atoms with E-state index in [4.69, 9.17) is 16.3 Å². The molecule has 1 aromatic carbocycles. The van der Waals surface area contributed by atoms with Crippen molar-refractivity contribution >= 4 is 33.4 Å². The van der Waals surface area contributed by atoms with E-state index in [1.807, 2.05) is 6.92 Å². The van der Waals surface area contributed by atoms with Crippen molar-refractivity contribution in [2.24, 2.45) is 0 Å². The van der Waals surface area contributed by atoms with Crippen molar-refractivity contribution < 1.29 is 9.53 Å². The zero-order valence-electron chi connectivity index (χ0n) is 10.7. The molecule has 0 saturated carbocycles. The van der Waals surface area contributed by atoms with Crippen LogP contribution in [0.4, 0.5) is 0 Å². The molecule has 1 amide bonds. The number of hydrogen-bond acceptors (Lipinski definition) is 3. The van der Waals surface area contributed by atoms with Gasteiger partial charge in [0, 0.05) is 16.8 Å². The van der Waals surface area contributed by atoms with Crippen molar-refractivity contribution in [2.45, 2.75) is 13.0 Å². The van der Waals surface area contributed by atoms with E-state index in [1.54, 1.807) is 30.6 Å². The summed E-state index contributed by atoms with van der Waals surface area (Å²) in [7, 11) is 0. The lowest BCUT2D eigenvalue weighted by Crippen LogP contribution is -2.31. The summed E-state index contributed by atoms with van der Waals surface area (Å²) < 4.78 is 6.14. The summed E-state index contributed by atoms with van der Waals surface area (Å²) in [6, 6.07) is 4.99. The number of amides is 1. The van der Waals surface area contributed by atoms with Gasteiger partial charge in [0.15, 0.2) is 6.61 Å². The summed E-state index contributed by atoms with van der Waals surface area (Å²) in [6.07, 6.45) is 3.41. The molecule has 0 aliphatic rings. The van der Waals surface area contributed by atoms with Crippen molar-refractivity contribution in [3.63, 3.8) is 0 Å². The second kappa shape index (κ2) is 6.76. The molecule has 0 bridgehead atoms. The van der Waals surface area contributed by atoms with Gasteiger partial charge in [0.05, 0.1) is 16.7 Å². The maximum Gasteiger partial charge on any atom is 0.258 e. The highest BCUT2D eigenvalue weighted by molar-refractivity contribution is 9.10. The first kappa shape index (κ1) is 14.9. The Labute approximate surface area is 129 Å². The van der Waals surface area contributed by atoms with Crippen LogP contribution in [0.25, 0.3) is 0 Å². The molecule has 0 aliphatic carbocycles. The Balaban J connectivity index is 1.86. The lowest BCUT2D eigenvalue weighted by molar-refractivity contribution is -0.123. The average molecular weight is 359 g/mol. The molecule has 2 N–H and O–H groups in total. The molecule has 5 nitrogen and oxygen atoms in total. The Morgan fingerprint density at radius 1 is 1.60 bits per heavy atom. The van der Waals surface area contributed by atoms with Crippen molar-refractivity contribution in [1.82, 2.24) is 15.5 Å². The first-order chi connectivity index (χ1) is 9.56. The lowest BCUT2D eigenvalue weighted by Gasteiger charge is -2.13. The smallest absolute Gasteiger partial charge is 0.258 e. The van der Waals surface area contributed by atoms with E-state index in [9.17, 15) is 4.79 Å². The van der Waals surface area contributed by atoms with Crippen LogP contribution in [0.3, 0.4) is 0 Å². The van der Waals surface area contributed by atoms with Crippen LogP contribution in [0.1, 0.15) is 18.5 Å². The van der Waals surface area contributed by atoms with E-state index in [1.165, 1.54) is 0 Å². The van der Waals surface area contributed by atoms with Gasteiger partial charge in [-0.05, 0) is 41.1 Å². The van der Waals surface area contributed by atoms with Crippen LogP contribution in [0.2, 0.25) is 5.02 Å². The molecule has 1 aromatic heterocycles. The van der Waals surface area contributed by atoms with Crippen LogP contribution in [0.15, 0.2) is 35.1 Å². The fraction of sp³-hybridized carbons (Fsp3) is 0.231. The molecule has 1 unspecified atom stereocenters. The van der Waals surface area contributed by atoms with Gasteiger partial charge in [0.1, 0.15) is 5.75 Å². The van der Waals surface area contributed by atoms with Gasteiger partial charge in [-0.15, -0.1) is 0 Å². The SMILES string of the molecule is CC(NC(=O)COc1ccc(Cl)cc1Br)c1cn[nH]c1. The third-order valence-corrected chi connectivity index (χ3v) is 3.50. The van der Waals surface area contributed by atoms with Crippen molar-refractivity contribution in [2.75, 3.05) is 6.61 Å². The molecular formula is C13H13BrClN3O2. The number of benzene rings is 1. The minimum atomic E-state index is -0.208. The van der Waals surface area contributed by atoms with Crippen molar-refractivity contribution in [1.29, 1.82) is 0 Å². The number of carbonyl (C=O) groups excluding carboxylic acids is 1. The summed E-state index contributed by atoms with van der Waals surface area (Å²) >= 11 is 9.16. The number of nitrogens with one attached hydrogen (secondary N) is 2. The molecule has 106 valence electrons. The van der Waals surface area contributed by atoms with E-state index in [0.717, 1.165) is 5.56 Å². The lowest BCUT2D eigenvalue weighted by atomic mass is 10.2. The van der Waals surface area contributed by atoms with Gasteiger partial charge in [0.25, 0.3) is 5.91 Å². The number of H-pyrrole nitrogens is 1. The Morgan fingerprint density at radius 2 is 2.40 bits per heavy atom. The number of nitrogens with zero attached hydrogens (tertiary/aromatic N) is 1. The van der Waals surface area contributed by atoms with Gasteiger partial charge in [-0.1, -0.05) is 11.6 Å². The molecule has 0 spiro atoms. The summed E-state index contributed by atoms with van der Waals surface area (Å²) in [5.74, 6) is 0.362. The summed E-state index contributed by atoms with van der Waals surface area (Å²) in [5.41, 5.74) is 0.908. The predicted octanol–water partition coefficient (Wildman–Crippen LogP) is 3.08. The highest BCUT2D eigenvalue weighted by atomic mass is 79.9. The summed E-state index contributed by atoms with van der Waals surface area (Å²) in [5, 5.41) is 9.96. The number of aromatic nitrogens is 2. The van der Waals surface area contributed by atoms with Crippen LogP contribution in [0, 0.1) is 0 Å². The molecule has 0 aliphatic heterocycles. The second-order valence-electron chi connectivity index (χ2n) is 4.18. The fourth-order valence-electron chi connectivity index (χ4n) is 1.60. The summed E-state index contributed by atoms with van der Waals surface area (Å²) in [6.45, 7) is 1.81. The second-order valence-corrected chi connectivity index (χ2v) is 5.48. The molecule has 0 saturated heterocycles. The largest absolute Gasteiger partial charge is 0.483 e. The fourth-order valence-corrected chi connectivity index (χ4v) is 2.40. The molecule has 2 aromatic rings. The number of ether oxygens (including phenoxy) is 1. The standard InChI is InChI=1S/C13H13BrClN3O2/c1-8(9-5-16-17-6-9)18-13(19)7-20-12-3-2-10(15)4-11(12)14/h2-6,8H,7H2,1H3,(H,16,17)(H,18,19). The number of aromatic amines is 1. The van der Waals surface area contributed by atoms with Crippen LogP contribution < -0.4 is 10.1 Å². The normalized spacial score (nSPS) is 11.9. The molecule has 2 rings (SSSR count). The zero-order chi connectivity index (χ0) is 14.5. The van der Waals surface area contributed by atoms with Crippen LogP contribution in [-0.4, -0.2) is 22.7 Å². The Hall–Kier alpha value is -1.53. The molecule has 0 fully saturated rings. The Bertz CT molecular complexity index is 589. The number of hydrogen-bond donors (Lipinski definition) is 2. The first-order valence-corrected chi connectivity index (χ1v) is 7.09. The quantitative estimate of drug-likeness (QED) is 0.863.